The van der Waals surface area contributed by atoms with Crippen molar-refractivity contribution in [2.24, 2.45) is 0 Å². The maximum Gasteiger partial charge on any atom is 0.0922 e. The van der Waals surface area contributed by atoms with Gasteiger partial charge in [-0.15, -0.1) is 0 Å². The van der Waals surface area contributed by atoms with Gasteiger partial charge in [-0.05, 0) is 11.6 Å². The summed E-state index contributed by atoms with van der Waals surface area (Å²) >= 11 is 6.02. The molecule has 2 rings (SSSR count). The van der Waals surface area contributed by atoms with Gasteiger partial charge in [0, 0.05) is 30.0 Å². The maximum atomic E-state index is 6.02. The molecule has 0 amide bonds. The number of benzene rings is 1. The van der Waals surface area contributed by atoms with Crippen molar-refractivity contribution in [2.45, 2.75) is 13.1 Å². The molecule has 0 spiro atoms. The third-order valence-corrected chi connectivity index (χ3v) is 2.51. The van der Waals surface area contributed by atoms with Crippen molar-refractivity contribution in [1.29, 1.82) is 0 Å². The largest absolute Gasteiger partial charge is 0.347 e. The van der Waals surface area contributed by atoms with E-state index in [0.29, 0.717) is 0 Å². The lowest BCUT2D eigenvalue weighted by Crippen LogP contribution is -2.13. The molecule has 0 saturated heterocycles. The minimum absolute atomic E-state index is 0.763. The number of hydrogen-bond acceptors (Lipinski definition) is 2. The van der Waals surface area contributed by atoms with Crippen molar-refractivity contribution < 1.29 is 0 Å². The van der Waals surface area contributed by atoms with Gasteiger partial charge in [-0.25, -0.2) is 4.98 Å². The summed E-state index contributed by atoms with van der Waals surface area (Å²) in [5.74, 6) is 0. The average Bonchev–Trinajstić information content (AvgIpc) is 2.74. The molecule has 0 atom stereocenters. The van der Waals surface area contributed by atoms with Gasteiger partial charge in [-0.3, -0.25) is 0 Å². The molecule has 4 heteroatoms. The van der Waals surface area contributed by atoms with Gasteiger partial charge in [0.05, 0.1) is 6.33 Å². The van der Waals surface area contributed by atoms with Crippen LogP contribution in [0.4, 0.5) is 0 Å². The van der Waals surface area contributed by atoms with E-state index in [1.165, 1.54) is 0 Å². The first-order valence-corrected chi connectivity index (χ1v) is 5.15. The number of hydrogen-bond donors (Lipinski definition) is 2. The van der Waals surface area contributed by atoms with E-state index in [1.54, 1.807) is 12.5 Å². The van der Waals surface area contributed by atoms with Crippen LogP contribution in [0, 0.1) is 0 Å². The molecule has 78 valence electrons. The molecule has 0 fully saturated rings. The van der Waals surface area contributed by atoms with Gasteiger partial charge in [-0.1, -0.05) is 29.8 Å². The van der Waals surface area contributed by atoms with Crippen LogP contribution in [0.3, 0.4) is 0 Å². The van der Waals surface area contributed by atoms with Gasteiger partial charge in [-0.2, -0.15) is 0 Å². The zero-order chi connectivity index (χ0) is 10.5. The van der Waals surface area contributed by atoms with Crippen LogP contribution in [0.2, 0.25) is 5.02 Å². The van der Waals surface area contributed by atoms with E-state index in [-0.39, 0.29) is 0 Å². The summed E-state index contributed by atoms with van der Waals surface area (Å²) in [5, 5.41) is 4.09. The minimum Gasteiger partial charge on any atom is -0.347 e. The van der Waals surface area contributed by atoms with Gasteiger partial charge < -0.3 is 10.3 Å². The normalized spacial score (nSPS) is 10.5. The summed E-state index contributed by atoms with van der Waals surface area (Å²) in [5.41, 5.74) is 2.18. The standard InChI is InChI=1S/C11H12ClN3/c12-11-4-2-1-3-9(11)5-13-6-10-7-14-8-15-10/h1-4,7-8,13H,5-6H2,(H,14,15). The predicted octanol–water partition coefficient (Wildman–Crippen LogP) is 2.35. The highest BCUT2D eigenvalue weighted by Gasteiger charge is 1.98. The fourth-order valence-corrected chi connectivity index (χ4v) is 1.56. The first-order valence-electron chi connectivity index (χ1n) is 4.77. The first-order chi connectivity index (χ1) is 7.36. The highest BCUT2D eigenvalue weighted by Crippen LogP contribution is 2.14. The summed E-state index contributed by atoms with van der Waals surface area (Å²) in [6, 6.07) is 7.83. The van der Waals surface area contributed by atoms with Crippen LogP contribution in [0.15, 0.2) is 36.8 Å². The van der Waals surface area contributed by atoms with Crippen LogP contribution in [-0.2, 0) is 13.1 Å². The van der Waals surface area contributed by atoms with Crippen LogP contribution in [0.25, 0.3) is 0 Å². The van der Waals surface area contributed by atoms with Crippen molar-refractivity contribution in [3.8, 4) is 0 Å². The highest BCUT2D eigenvalue weighted by molar-refractivity contribution is 6.31. The van der Waals surface area contributed by atoms with Crippen LogP contribution < -0.4 is 5.32 Å². The Kier molecular flexibility index (Phi) is 3.37. The third-order valence-electron chi connectivity index (χ3n) is 2.14. The molecule has 0 aliphatic rings. The first kappa shape index (κ1) is 10.2. The maximum absolute atomic E-state index is 6.02. The number of nitrogens with one attached hydrogen (secondary N) is 2. The van der Waals surface area contributed by atoms with E-state index in [9.17, 15) is 0 Å². The van der Waals surface area contributed by atoms with Crippen molar-refractivity contribution in [2.75, 3.05) is 0 Å². The Hall–Kier alpha value is -1.32. The van der Waals surface area contributed by atoms with Gasteiger partial charge in [0.1, 0.15) is 0 Å². The lowest BCUT2D eigenvalue weighted by atomic mass is 10.2. The molecule has 1 aromatic heterocycles. The Morgan fingerprint density at radius 1 is 1.27 bits per heavy atom. The summed E-state index contributed by atoms with van der Waals surface area (Å²) in [4.78, 5) is 6.98. The monoisotopic (exact) mass is 221 g/mol. The molecule has 0 radical (unpaired) electrons. The van der Waals surface area contributed by atoms with Gasteiger partial charge >= 0.3 is 0 Å². The second-order valence-electron chi connectivity index (χ2n) is 3.27. The van der Waals surface area contributed by atoms with Crippen LogP contribution in [0.5, 0.6) is 0 Å². The summed E-state index contributed by atoms with van der Waals surface area (Å²) < 4.78 is 0. The van der Waals surface area contributed by atoms with E-state index in [0.717, 1.165) is 29.4 Å². The van der Waals surface area contributed by atoms with E-state index in [1.807, 2.05) is 24.3 Å². The van der Waals surface area contributed by atoms with E-state index < -0.39 is 0 Å². The van der Waals surface area contributed by atoms with E-state index in [4.69, 9.17) is 11.6 Å². The lowest BCUT2D eigenvalue weighted by Gasteiger charge is -2.04. The minimum atomic E-state index is 0.763. The third kappa shape index (κ3) is 2.81. The number of aromatic amines is 1. The molecule has 3 nitrogen and oxygen atoms in total. The van der Waals surface area contributed by atoms with Gasteiger partial charge in [0.15, 0.2) is 0 Å². The van der Waals surface area contributed by atoms with E-state index in [2.05, 4.69) is 15.3 Å². The lowest BCUT2D eigenvalue weighted by molar-refractivity contribution is 0.682. The predicted molar refractivity (Wildman–Crippen MR) is 60.6 cm³/mol. The second-order valence-corrected chi connectivity index (χ2v) is 3.68. The molecule has 2 aromatic rings. The zero-order valence-electron chi connectivity index (χ0n) is 8.20. The van der Waals surface area contributed by atoms with Crippen LogP contribution in [0.1, 0.15) is 11.3 Å². The van der Waals surface area contributed by atoms with Gasteiger partial charge in [0.2, 0.25) is 0 Å². The topological polar surface area (TPSA) is 40.7 Å². The molecule has 0 aliphatic heterocycles. The Morgan fingerprint density at radius 2 is 2.13 bits per heavy atom. The molecule has 1 aromatic carbocycles. The molecule has 0 aliphatic carbocycles. The summed E-state index contributed by atoms with van der Waals surface area (Å²) in [7, 11) is 0. The van der Waals surface area contributed by atoms with Crippen molar-refractivity contribution >= 4 is 11.6 Å². The molecule has 1 heterocycles. The number of halogens is 1. The number of rotatable bonds is 4. The Balaban J connectivity index is 1.86. The molecule has 0 bridgehead atoms. The molecule has 0 saturated carbocycles. The smallest absolute Gasteiger partial charge is 0.0922 e. The summed E-state index contributed by atoms with van der Waals surface area (Å²) in [6.45, 7) is 1.53. The number of nitrogens with zero attached hydrogens (tertiary/aromatic N) is 1. The fraction of sp³-hybridized carbons (Fsp3) is 0.182. The Bertz CT molecular complexity index is 412. The number of H-pyrrole nitrogens is 1. The Labute approximate surface area is 93.5 Å². The van der Waals surface area contributed by atoms with Crippen molar-refractivity contribution in [3.63, 3.8) is 0 Å². The highest BCUT2D eigenvalue weighted by atomic mass is 35.5. The van der Waals surface area contributed by atoms with Gasteiger partial charge in [0.25, 0.3) is 0 Å². The molecule has 0 unspecified atom stereocenters. The Morgan fingerprint density at radius 3 is 2.87 bits per heavy atom. The molecule has 2 N–H and O–H groups in total. The molecular weight excluding hydrogens is 210 g/mol. The number of imidazole rings is 1. The van der Waals surface area contributed by atoms with Crippen molar-refractivity contribution in [3.05, 3.63) is 53.1 Å². The molecule has 15 heavy (non-hydrogen) atoms. The SMILES string of the molecule is Clc1ccccc1CNCc1cnc[nH]1. The fourth-order valence-electron chi connectivity index (χ4n) is 1.35. The quantitative estimate of drug-likeness (QED) is 0.832. The van der Waals surface area contributed by atoms with Crippen LogP contribution in [-0.4, -0.2) is 9.97 Å². The zero-order valence-corrected chi connectivity index (χ0v) is 8.96. The number of aromatic nitrogens is 2. The molecular formula is C11H12ClN3. The van der Waals surface area contributed by atoms with Crippen molar-refractivity contribution in [1.82, 2.24) is 15.3 Å². The van der Waals surface area contributed by atoms with Crippen LogP contribution >= 0.6 is 11.6 Å². The average molecular weight is 222 g/mol. The summed E-state index contributed by atoms with van der Waals surface area (Å²) in [6.07, 6.45) is 3.48. The second kappa shape index (κ2) is 4.96. The van der Waals surface area contributed by atoms with E-state index >= 15 is 0 Å².